The van der Waals surface area contributed by atoms with Gasteiger partial charge in [0, 0.05) is 10.4 Å². The molecule has 18 heavy (non-hydrogen) atoms. The zero-order valence-electron chi connectivity index (χ0n) is 10.9. The van der Waals surface area contributed by atoms with Crippen LogP contribution in [-0.4, -0.2) is 4.98 Å². The summed E-state index contributed by atoms with van der Waals surface area (Å²) in [4.78, 5) is 5.78. The van der Waals surface area contributed by atoms with Crippen molar-refractivity contribution in [1.82, 2.24) is 4.98 Å². The van der Waals surface area contributed by atoms with E-state index in [0.717, 1.165) is 40.2 Å². The molecule has 2 aromatic rings. The third-order valence-electron chi connectivity index (χ3n) is 3.03. The van der Waals surface area contributed by atoms with Crippen molar-refractivity contribution in [2.75, 3.05) is 0 Å². The van der Waals surface area contributed by atoms with E-state index in [4.69, 9.17) is 0 Å². The molecule has 3 heteroatoms. The molecule has 1 heterocycles. The number of nitrogens with zero attached hydrogens (tertiary/aromatic N) is 2. The molecule has 0 aliphatic carbocycles. The molecule has 1 aromatic carbocycles. The van der Waals surface area contributed by atoms with Crippen LogP contribution in [0, 0.1) is 25.2 Å². The number of hydrogen-bond donors (Lipinski definition) is 0. The Hall–Kier alpha value is -1.66. The molecule has 2 nitrogen and oxygen atoms in total. The molecule has 0 atom stereocenters. The highest BCUT2D eigenvalue weighted by molar-refractivity contribution is 7.15. The van der Waals surface area contributed by atoms with Crippen LogP contribution >= 0.6 is 11.3 Å². The Kier molecular flexibility index (Phi) is 3.78. The van der Waals surface area contributed by atoms with Crippen LogP contribution < -0.4 is 0 Å². The largest absolute Gasteiger partial charge is 0.241 e. The molecule has 0 aliphatic heterocycles. The molecule has 0 N–H and O–H groups in total. The summed E-state index contributed by atoms with van der Waals surface area (Å²) in [6, 6.07) is 8.38. The maximum Gasteiger partial charge on any atom is 0.123 e. The second-order valence-corrected chi connectivity index (χ2v) is 5.60. The number of nitriles is 1. The van der Waals surface area contributed by atoms with Gasteiger partial charge in [-0.1, -0.05) is 25.5 Å². The first-order chi connectivity index (χ1) is 8.65. The van der Waals surface area contributed by atoms with Gasteiger partial charge in [-0.25, -0.2) is 4.98 Å². The Morgan fingerprint density at radius 1 is 1.33 bits per heavy atom. The maximum absolute atomic E-state index is 9.21. The Morgan fingerprint density at radius 2 is 2.11 bits per heavy atom. The van der Waals surface area contributed by atoms with Crippen LogP contribution in [0.1, 0.15) is 35.0 Å². The summed E-state index contributed by atoms with van der Waals surface area (Å²) in [6.45, 7) is 6.22. The van der Waals surface area contributed by atoms with Gasteiger partial charge in [-0.3, -0.25) is 0 Å². The van der Waals surface area contributed by atoms with E-state index >= 15 is 0 Å². The molecule has 2 rings (SSSR count). The minimum atomic E-state index is 0.778. The van der Waals surface area contributed by atoms with Gasteiger partial charge in [0.15, 0.2) is 0 Å². The standard InChI is InChI=1S/C15H16N2S/c1-4-5-12-6-7-13(8-14(12)9-16)15-17-10(2)11(3)18-15/h6-8H,4-5H2,1-3H3. The summed E-state index contributed by atoms with van der Waals surface area (Å²) < 4.78 is 0. The number of rotatable bonds is 3. The molecule has 0 bridgehead atoms. The molecule has 0 unspecified atom stereocenters. The van der Waals surface area contributed by atoms with Gasteiger partial charge in [0.25, 0.3) is 0 Å². The van der Waals surface area contributed by atoms with E-state index in [0.29, 0.717) is 0 Å². The first-order valence-corrected chi connectivity index (χ1v) is 6.94. The van der Waals surface area contributed by atoms with Gasteiger partial charge in [0.1, 0.15) is 5.01 Å². The van der Waals surface area contributed by atoms with Gasteiger partial charge < -0.3 is 0 Å². The molecule has 0 saturated carbocycles. The minimum Gasteiger partial charge on any atom is -0.241 e. The van der Waals surface area contributed by atoms with E-state index in [2.05, 4.69) is 37.0 Å². The quantitative estimate of drug-likeness (QED) is 0.823. The van der Waals surface area contributed by atoms with Gasteiger partial charge in [-0.05, 0) is 31.9 Å². The molecule has 0 spiro atoms. The lowest BCUT2D eigenvalue weighted by molar-refractivity contribution is 0.918. The van der Waals surface area contributed by atoms with E-state index in [1.807, 2.05) is 13.0 Å². The van der Waals surface area contributed by atoms with Crippen molar-refractivity contribution in [3.63, 3.8) is 0 Å². The van der Waals surface area contributed by atoms with Crippen LogP contribution in [0.5, 0.6) is 0 Å². The molecular formula is C15H16N2S. The molecule has 1 aromatic heterocycles. The van der Waals surface area contributed by atoms with Crippen molar-refractivity contribution in [2.45, 2.75) is 33.6 Å². The monoisotopic (exact) mass is 256 g/mol. The summed E-state index contributed by atoms with van der Waals surface area (Å²) in [5.41, 5.74) is 4.03. The fraction of sp³-hybridized carbons (Fsp3) is 0.333. The number of aromatic nitrogens is 1. The zero-order chi connectivity index (χ0) is 13.1. The first-order valence-electron chi connectivity index (χ1n) is 6.13. The molecule has 0 amide bonds. The SMILES string of the molecule is CCCc1ccc(-c2nc(C)c(C)s2)cc1C#N. The third kappa shape index (κ3) is 2.44. The van der Waals surface area contributed by atoms with E-state index in [1.54, 1.807) is 11.3 Å². The highest BCUT2D eigenvalue weighted by atomic mass is 32.1. The third-order valence-corrected chi connectivity index (χ3v) is 4.15. The number of aryl methyl sites for hydroxylation is 3. The molecule has 0 fully saturated rings. The van der Waals surface area contributed by atoms with Gasteiger partial charge in [-0.2, -0.15) is 5.26 Å². The van der Waals surface area contributed by atoms with Crippen molar-refractivity contribution in [2.24, 2.45) is 0 Å². The highest BCUT2D eigenvalue weighted by Crippen LogP contribution is 2.28. The van der Waals surface area contributed by atoms with Crippen molar-refractivity contribution in [3.05, 3.63) is 39.9 Å². The van der Waals surface area contributed by atoms with Crippen LogP contribution in [0.4, 0.5) is 0 Å². The van der Waals surface area contributed by atoms with Crippen molar-refractivity contribution in [3.8, 4) is 16.6 Å². The van der Waals surface area contributed by atoms with E-state index < -0.39 is 0 Å². The lowest BCUT2D eigenvalue weighted by Gasteiger charge is -2.04. The number of hydrogen-bond acceptors (Lipinski definition) is 3. The number of benzene rings is 1. The summed E-state index contributed by atoms with van der Waals surface area (Å²) in [7, 11) is 0. The van der Waals surface area contributed by atoms with E-state index in [9.17, 15) is 5.26 Å². The zero-order valence-corrected chi connectivity index (χ0v) is 11.8. The minimum absolute atomic E-state index is 0.778. The lowest BCUT2D eigenvalue weighted by atomic mass is 10.0. The van der Waals surface area contributed by atoms with Crippen LogP contribution in [-0.2, 0) is 6.42 Å². The van der Waals surface area contributed by atoms with Gasteiger partial charge >= 0.3 is 0 Å². The van der Waals surface area contributed by atoms with Crippen molar-refractivity contribution in [1.29, 1.82) is 5.26 Å². The second-order valence-electron chi connectivity index (χ2n) is 4.39. The van der Waals surface area contributed by atoms with Crippen molar-refractivity contribution >= 4 is 11.3 Å². The Bertz CT molecular complexity index is 586. The summed E-state index contributed by atoms with van der Waals surface area (Å²) >= 11 is 1.69. The summed E-state index contributed by atoms with van der Waals surface area (Å²) in [5.74, 6) is 0. The molecular weight excluding hydrogens is 240 g/mol. The molecule has 92 valence electrons. The fourth-order valence-electron chi connectivity index (χ4n) is 1.90. The summed E-state index contributed by atoms with van der Waals surface area (Å²) in [6.07, 6.45) is 2.02. The maximum atomic E-state index is 9.21. The smallest absolute Gasteiger partial charge is 0.123 e. The molecule has 0 aliphatic rings. The average Bonchev–Trinajstić information content (AvgIpc) is 2.70. The van der Waals surface area contributed by atoms with Crippen LogP contribution in [0.25, 0.3) is 10.6 Å². The Balaban J connectivity index is 2.44. The predicted molar refractivity (Wildman–Crippen MR) is 75.7 cm³/mol. The normalized spacial score (nSPS) is 10.3. The Labute approximate surface area is 112 Å². The first kappa shape index (κ1) is 12.8. The van der Waals surface area contributed by atoms with Gasteiger partial charge in [-0.15, -0.1) is 11.3 Å². The van der Waals surface area contributed by atoms with Gasteiger partial charge in [0.05, 0.1) is 17.3 Å². The number of thiazole rings is 1. The van der Waals surface area contributed by atoms with Gasteiger partial charge in [0.2, 0.25) is 0 Å². The van der Waals surface area contributed by atoms with Crippen LogP contribution in [0.3, 0.4) is 0 Å². The predicted octanol–water partition coefficient (Wildman–Crippen LogP) is 4.25. The van der Waals surface area contributed by atoms with E-state index in [1.165, 1.54) is 4.88 Å². The highest BCUT2D eigenvalue weighted by Gasteiger charge is 2.09. The Morgan fingerprint density at radius 3 is 2.67 bits per heavy atom. The molecule has 0 radical (unpaired) electrons. The molecule has 0 saturated heterocycles. The summed E-state index contributed by atoms with van der Waals surface area (Å²) in [5, 5.41) is 10.2. The van der Waals surface area contributed by atoms with Crippen LogP contribution in [0.2, 0.25) is 0 Å². The lowest BCUT2D eigenvalue weighted by Crippen LogP contribution is -1.90. The topological polar surface area (TPSA) is 36.7 Å². The van der Waals surface area contributed by atoms with Crippen LogP contribution in [0.15, 0.2) is 18.2 Å². The van der Waals surface area contributed by atoms with E-state index in [-0.39, 0.29) is 0 Å². The second kappa shape index (κ2) is 5.32. The fourth-order valence-corrected chi connectivity index (χ4v) is 2.81. The van der Waals surface area contributed by atoms with Crippen molar-refractivity contribution < 1.29 is 0 Å². The average molecular weight is 256 g/mol.